The summed E-state index contributed by atoms with van der Waals surface area (Å²) >= 11 is 0. The Morgan fingerprint density at radius 3 is 2.62 bits per heavy atom. The van der Waals surface area contributed by atoms with Gasteiger partial charge in [0.25, 0.3) is 0 Å². The molecule has 2 nitrogen and oxygen atoms in total. The SMILES string of the molecule is CCc1ccc(C2(N=C=O)CCC2)cc1C. The normalized spacial score (nSPS) is 17.4. The second-order valence-corrected chi connectivity index (χ2v) is 4.58. The number of hydrogen-bond donors (Lipinski definition) is 0. The molecule has 0 radical (unpaired) electrons. The molecule has 1 aliphatic carbocycles. The Morgan fingerprint density at radius 1 is 1.44 bits per heavy atom. The number of aryl methyl sites for hydroxylation is 2. The van der Waals surface area contributed by atoms with Gasteiger partial charge in [0, 0.05) is 0 Å². The predicted molar refractivity (Wildman–Crippen MR) is 64.2 cm³/mol. The van der Waals surface area contributed by atoms with E-state index in [0.29, 0.717) is 0 Å². The molecule has 1 saturated carbocycles. The lowest BCUT2D eigenvalue weighted by Gasteiger charge is -2.37. The lowest BCUT2D eigenvalue weighted by molar-refractivity contribution is 0.256. The number of nitrogens with zero attached hydrogens (tertiary/aromatic N) is 1. The van der Waals surface area contributed by atoms with Crippen LogP contribution in [0.4, 0.5) is 0 Å². The molecule has 16 heavy (non-hydrogen) atoms. The molecule has 1 aromatic carbocycles. The molecule has 0 saturated heterocycles. The smallest absolute Gasteiger partial charge is 0.211 e. The molecule has 0 atom stereocenters. The summed E-state index contributed by atoms with van der Waals surface area (Å²) in [6.45, 7) is 4.28. The monoisotopic (exact) mass is 215 g/mol. The van der Waals surface area contributed by atoms with E-state index in [-0.39, 0.29) is 5.54 Å². The van der Waals surface area contributed by atoms with E-state index in [1.807, 2.05) is 0 Å². The van der Waals surface area contributed by atoms with Crippen LogP contribution in [0, 0.1) is 6.92 Å². The fraction of sp³-hybridized carbons (Fsp3) is 0.500. The molecule has 0 heterocycles. The van der Waals surface area contributed by atoms with Crippen LogP contribution in [0.15, 0.2) is 23.2 Å². The van der Waals surface area contributed by atoms with E-state index in [1.54, 1.807) is 6.08 Å². The third kappa shape index (κ3) is 1.70. The van der Waals surface area contributed by atoms with Crippen LogP contribution in [-0.4, -0.2) is 6.08 Å². The summed E-state index contributed by atoms with van der Waals surface area (Å²) in [5, 5.41) is 0. The Kier molecular flexibility index (Phi) is 2.93. The van der Waals surface area contributed by atoms with Crippen molar-refractivity contribution in [3.63, 3.8) is 0 Å². The fourth-order valence-electron chi connectivity index (χ4n) is 2.45. The Bertz CT molecular complexity index is 440. The van der Waals surface area contributed by atoms with Gasteiger partial charge in [0.2, 0.25) is 6.08 Å². The second kappa shape index (κ2) is 4.23. The minimum Gasteiger partial charge on any atom is -0.211 e. The van der Waals surface area contributed by atoms with E-state index >= 15 is 0 Å². The zero-order valence-corrected chi connectivity index (χ0v) is 9.92. The number of carbonyl (C=O) groups excluding carboxylic acids is 1. The summed E-state index contributed by atoms with van der Waals surface area (Å²) in [6, 6.07) is 6.45. The first kappa shape index (κ1) is 11.1. The van der Waals surface area contributed by atoms with Crippen molar-refractivity contribution in [3.8, 4) is 0 Å². The van der Waals surface area contributed by atoms with Gasteiger partial charge in [0.15, 0.2) is 0 Å². The topological polar surface area (TPSA) is 29.4 Å². The van der Waals surface area contributed by atoms with E-state index in [2.05, 4.69) is 37.0 Å². The van der Waals surface area contributed by atoms with Crippen LogP contribution in [0.3, 0.4) is 0 Å². The highest BCUT2D eigenvalue weighted by atomic mass is 16.1. The van der Waals surface area contributed by atoms with Gasteiger partial charge in [-0.1, -0.05) is 25.1 Å². The summed E-state index contributed by atoms with van der Waals surface area (Å²) in [6.07, 6.45) is 5.89. The molecule has 0 N–H and O–H groups in total. The van der Waals surface area contributed by atoms with Crippen LogP contribution in [0.1, 0.15) is 42.9 Å². The van der Waals surface area contributed by atoms with E-state index < -0.39 is 0 Å². The average molecular weight is 215 g/mol. The molecule has 0 amide bonds. The van der Waals surface area contributed by atoms with Crippen molar-refractivity contribution in [1.29, 1.82) is 0 Å². The number of rotatable bonds is 3. The van der Waals surface area contributed by atoms with E-state index in [0.717, 1.165) is 25.7 Å². The third-order valence-corrected chi connectivity index (χ3v) is 3.70. The molecule has 2 rings (SSSR count). The first-order valence-corrected chi connectivity index (χ1v) is 5.91. The highest BCUT2D eigenvalue weighted by Gasteiger charge is 2.38. The largest absolute Gasteiger partial charge is 0.235 e. The van der Waals surface area contributed by atoms with Crippen molar-refractivity contribution in [2.45, 2.75) is 45.1 Å². The fourth-order valence-corrected chi connectivity index (χ4v) is 2.45. The van der Waals surface area contributed by atoms with Crippen LogP contribution in [0.5, 0.6) is 0 Å². The van der Waals surface area contributed by atoms with Crippen molar-refractivity contribution < 1.29 is 4.79 Å². The minimum atomic E-state index is -0.251. The zero-order chi connectivity index (χ0) is 11.6. The molecule has 0 unspecified atom stereocenters. The Labute approximate surface area is 96.4 Å². The Morgan fingerprint density at radius 2 is 2.19 bits per heavy atom. The molecular formula is C14H17NO. The maximum Gasteiger partial charge on any atom is 0.235 e. The van der Waals surface area contributed by atoms with Crippen LogP contribution in [0.25, 0.3) is 0 Å². The van der Waals surface area contributed by atoms with Gasteiger partial charge in [-0.3, -0.25) is 0 Å². The predicted octanol–water partition coefficient (Wildman–Crippen LogP) is 3.27. The van der Waals surface area contributed by atoms with Crippen molar-refractivity contribution in [2.75, 3.05) is 0 Å². The molecule has 0 aliphatic heterocycles. The van der Waals surface area contributed by atoms with Gasteiger partial charge in [-0.05, 0) is 49.3 Å². The van der Waals surface area contributed by atoms with E-state index in [9.17, 15) is 4.79 Å². The third-order valence-electron chi connectivity index (χ3n) is 3.70. The molecule has 0 spiro atoms. The lowest BCUT2D eigenvalue weighted by atomic mass is 9.72. The second-order valence-electron chi connectivity index (χ2n) is 4.58. The number of hydrogen-bond acceptors (Lipinski definition) is 2. The Hall–Kier alpha value is -1.40. The number of benzene rings is 1. The molecule has 84 valence electrons. The summed E-state index contributed by atoms with van der Waals surface area (Å²) in [7, 11) is 0. The van der Waals surface area contributed by atoms with Crippen LogP contribution < -0.4 is 0 Å². The first-order valence-electron chi connectivity index (χ1n) is 5.91. The van der Waals surface area contributed by atoms with Crippen molar-refractivity contribution in [3.05, 3.63) is 34.9 Å². The molecule has 1 aliphatic rings. The molecule has 1 fully saturated rings. The van der Waals surface area contributed by atoms with Crippen LogP contribution >= 0.6 is 0 Å². The minimum absolute atomic E-state index is 0.251. The van der Waals surface area contributed by atoms with Crippen molar-refractivity contribution in [2.24, 2.45) is 4.99 Å². The molecular weight excluding hydrogens is 198 g/mol. The summed E-state index contributed by atoms with van der Waals surface area (Å²) in [5.74, 6) is 0. The van der Waals surface area contributed by atoms with Crippen molar-refractivity contribution >= 4 is 6.08 Å². The molecule has 1 aromatic rings. The number of aliphatic imine (C=N–C) groups is 1. The standard InChI is InChI=1S/C14H17NO/c1-3-12-5-6-13(9-11(12)2)14(15-10-16)7-4-8-14/h5-6,9H,3-4,7-8H2,1-2H3. The molecule has 0 aromatic heterocycles. The van der Waals surface area contributed by atoms with Gasteiger partial charge in [0.1, 0.15) is 0 Å². The van der Waals surface area contributed by atoms with Crippen LogP contribution in [0.2, 0.25) is 0 Å². The number of isocyanates is 1. The summed E-state index contributed by atoms with van der Waals surface area (Å²) < 4.78 is 0. The van der Waals surface area contributed by atoms with Gasteiger partial charge >= 0.3 is 0 Å². The van der Waals surface area contributed by atoms with Crippen molar-refractivity contribution in [1.82, 2.24) is 0 Å². The Balaban J connectivity index is 2.40. The van der Waals surface area contributed by atoms with Gasteiger partial charge in [-0.15, -0.1) is 0 Å². The summed E-state index contributed by atoms with van der Waals surface area (Å²) in [4.78, 5) is 14.5. The molecule has 0 bridgehead atoms. The van der Waals surface area contributed by atoms with Crippen LogP contribution in [-0.2, 0) is 16.8 Å². The van der Waals surface area contributed by atoms with Gasteiger partial charge in [0.05, 0.1) is 5.54 Å². The highest BCUT2D eigenvalue weighted by Crippen LogP contribution is 2.45. The van der Waals surface area contributed by atoms with Gasteiger partial charge < -0.3 is 0 Å². The summed E-state index contributed by atoms with van der Waals surface area (Å²) in [5.41, 5.74) is 3.59. The van der Waals surface area contributed by atoms with E-state index in [1.165, 1.54) is 16.7 Å². The van der Waals surface area contributed by atoms with Gasteiger partial charge in [-0.2, -0.15) is 4.99 Å². The molecule has 2 heteroatoms. The zero-order valence-electron chi connectivity index (χ0n) is 9.92. The van der Waals surface area contributed by atoms with Gasteiger partial charge in [-0.25, -0.2) is 4.79 Å². The maximum absolute atomic E-state index is 10.5. The quantitative estimate of drug-likeness (QED) is 0.562. The lowest BCUT2D eigenvalue weighted by Crippen LogP contribution is -2.31. The average Bonchev–Trinajstić information content (AvgIpc) is 2.23. The highest BCUT2D eigenvalue weighted by molar-refractivity contribution is 5.42. The van der Waals surface area contributed by atoms with E-state index in [4.69, 9.17) is 0 Å². The first-order chi connectivity index (χ1) is 7.72. The maximum atomic E-state index is 10.5.